The second kappa shape index (κ2) is 14.7. The lowest BCUT2D eigenvalue weighted by Crippen LogP contribution is -2.32. The molecule has 238 valence electrons. The van der Waals surface area contributed by atoms with Gasteiger partial charge in [0.15, 0.2) is 11.5 Å². The van der Waals surface area contributed by atoms with E-state index >= 15 is 0 Å². The molecular formula is C39H38N4O4. The average molecular weight is 627 g/mol. The second-order valence-corrected chi connectivity index (χ2v) is 11.5. The van der Waals surface area contributed by atoms with Gasteiger partial charge in [0.25, 0.3) is 0 Å². The fourth-order valence-corrected chi connectivity index (χ4v) is 5.78. The van der Waals surface area contributed by atoms with Crippen molar-refractivity contribution in [1.82, 2.24) is 14.9 Å². The predicted octanol–water partition coefficient (Wildman–Crippen LogP) is 7.51. The molecule has 8 nitrogen and oxygen atoms in total. The highest BCUT2D eigenvalue weighted by Gasteiger charge is 2.19. The Bertz CT molecular complexity index is 1860. The van der Waals surface area contributed by atoms with Gasteiger partial charge in [-0.1, -0.05) is 24.3 Å². The fourth-order valence-electron chi connectivity index (χ4n) is 5.78. The number of carbonyl (C=O) groups excluding carboxylic acids is 1. The summed E-state index contributed by atoms with van der Waals surface area (Å²) in [6.07, 6.45) is 8.64. The van der Waals surface area contributed by atoms with Gasteiger partial charge in [0.2, 0.25) is 11.8 Å². The largest absolute Gasteiger partial charge is 0.493 e. The Kier molecular flexibility index (Phi) is 9.89. The molecule has 0 aliphatic carbocycles. The highest BCUT2D eigenvalue weighted by molar-refractivity contribution is 6.02. The third-order valence-corrected chi connectivity index (χ3v) is 8.26. The highest BCUT2D eigenvalue weighted by Crippen LogP contribution is 2.35. The first-order chi connectivity index (χ1) is 23.0. The van der Waals surface area contributed by atoms with E-state index in [2.05, 4.69) is 44.5 Å². The van der Waals surface area contributed by atoms with Gasteiger partial charge < -0.3 is 19.5 Å². The van der Waals surface area contributed by atoms with Crippen LogP contribution in [0.2, 0.25) is 0 Å². The maximum absolute atomic E-state index is 13.0. The number of hydrogen-bond donors (Lipinski definition) is 1. The van der Waals surface area contributed by atoms with Crippen LogP contribution in [-0.4, -0.2) is 48.1 Å². The summed E-state index contributed by atoms with van der Waals surface area (Å²) in [5.41, 5.74) is 7.98. The Hall–Kier alpha value is -5.47. The number of pyridine rings is 2. The molecule has 1 amide bonds. The zero-order valence-corrected chi connectivity index (χ0v) is 26.9. The third kappa shape index (κ3) is 7.85. The molecule has 0 radical (unpaired) electrons. The SMILES string of the molecule is COc1cc2c(cc1OC)CN(CCc1ccc(NC(=O)/C=C/c3cc(-c4ccccn4)cc(C)c3Oc3ccccn3)cc1)CC2. The summed E-state index contributed by atoms with van der Waals surface area (Å²) in [7, 11) is 3.35. The van der Waals surface area contributed by atoms with Crippen molar-refractivity contribution in [3.05, 3.63) is 131 Å². The van der Waals surface area contributed by atoms with E-state index in [-0.39, 0.29) is 5.91 Å². The summed E-state index contributed by atoms with van der Waals surface area (Å²) in [6, 6.07) is 27.5. The van der Waals surface area contributed by atoms with E-state index in [4.69, 9.17) is 14.2 Å². The van der Waals surface area contributed by atoms with Gasteiger partial charge >= 0.3 is 0 Å². The van der Waals surface area contributed by atoms with Crippen LogP contribution in [0.25, 0.3) is 17.3 Å². The van der Waals surface area contributed by atoms with Crippen LogP contribution < -0.4 is 19.5 Å². The molecule has 1 aliphatic rings. The summed E-state index contributed by atoms with van der Waals surface area (Å²) in [5.74, 6) is 2.43. The summed E-state index contributed by atoms with van der Waals surface area (Å²) in [5, 5.41) is 2.98. The lowest BCUT2D eigenvalue weighted by atomic mass is 9.98. The van der Waals surface area contributed by atoms with Crippen molar-refractivity contribution in [2.75, 3.05) is 32.6 Å². The maximum atomic E-state index is 13.0. The molecule has 1 N–H and O–H groups in total. The van der Waals surface area contributed by atoms with Crippen molar-refractivity contribution < 1.29 is 19.0 Å². The summed E-state index contributed by atoms with van der Waals surface area (Å²) < 4.78 is 17.2. The molecule has 47 heavy (non-hydrogen) atoms. The zero-order valence-electron chi connectivity index (χ0n) is 26.9. The molecule has 3 heterocycles. The number of hydrogen-bond acceptors (Lipinski definition) is 7. The lowest BCUT2D eigenvalue weighted by molar-refractivity contribution is -0.111. The van der Waals surface area contributed by atoms with Crippen LogP contribution in [0.1, 0.15) is 27.8 Å². The smallest absolute Gasteiger partial charge is 0.248 e. The molecule has 0 saturated carbocycles. The van der Waals surface area contributed by atoms with E-state index in [0.29, 0.717) is 11.6 Å². The van der Waals surface area contributed by atoms with E-state index < -0.39 is 0 Å². The van der Waals surface area contributed by atoms with E-state index in [1.807, 2.05) is 61.5 Å². The van der Waals surface area contributed by atoms with Crippen LogP contribution in [0, 0.1) is 6.92 Å². The number of aromatic nitrogens is 2. The number of carbonyl (C=O) groups is 1. The molecule has 0 bridgehead atoms. The number of anilines is 1. The molecule has 0 unspecified atom stereocenters. The van der Waals surface area contributed by atoms with Crippen LogP contribution in [0.15, 0.2) is 103 Å². The molecule has 0 saturated heterocycles. The fraction of sp³-hybridized carbons (Fsp3) is 0.205. The number of methoxy groups -OCH3 is 2. The van der Waals surface area contributed by atoms with Gasteiger partial charge in [0.05, 0.1) is 19.9 Å². The predicted molar refractivity (Wildman–Crippen MR) is 185 cm³/mol. The van der Waals surface area contributed by atoms with Crippen molar-refractivity contribution in [2.45, 2.75) is 26.3 Å². The molecule has 1 aliphatic heterocycles. The minimum Gasteiger partial charge on any atom is -0.493 e. The second-order valence-electron chi connectivity index (χ2n) is 11.5. The van der Waals surface area contributed by atoms with Crippen LogP contribution in [0.5, 0.6) is 23.1 Å². The number of rotatable bonds is 11. The molecule has 0 atom stereocenters. The summed E-state index contributed by atoms with van der Waals surface area (Å²) >= 11 is 0. The standard InChI is InChI=1S/C39H38N4O4/c1-27-22-31(34-8-4-6-18-40-34)23-30(39(27)47-38-9-5-7-19-41-38)12-15-37(44)42-33-13-10-28(11-14-33)16-20-43-21-17-29-24-35(45-2)36(46-3)25-32(29)26-43/h4-15,18-19,22-25H,16-17,20-21,26H2,1-3H3,(H,42,44)/b15-12+. The molecule has 2 aromatic heterocycles. The normalized spacial score (nSPS) is 12.8. The minimum atomic E-state index is -0.235. The van der Waals surface area contributed by atoms with Gasteiger partial charge in [-0.05, 0) is 103 Å². The van der Waals surface area contributed by atoms with Crippen molar-refractivity contribution in [3.8, 4) is 34.4 Å². The quantitative estimate of drug-likeness (QED) is 0.152. The number of ether oxygens (including phenoxy) is 3. The number of amides is 1. The maximum Gasteiger partial charge on any atom is 0.248 e. The Labute approximate surface area is 275 Å². The van der Waals surface area contributed by atoms with E-state index in [1.165, 1.54) is 22.8 Å². The van der Waals surface area contributed by atoms with Crippen molar-refractivity contribution in [3.63, 3.8) is 0 Å². The Morgan fingerprint density at radius 1 is 0.894 bits per heavy atom. The summed E-state index contributed by atoms with van der Waals surface area (Å²) in [6.45, 7) is 4.81. The number of nitrogens with zero attached hydrogens (tertiary/aromatic N) is 3. The van der Waals surface area contributed by atoms with Crippen LogP contribution in [0.4, 0.5) is 5.69 Å². The van der Waals surface area contributed by atoms with Crippen LogP contribution in [0.3, 0.4) is 0 Å². The third-order valence-electron chi connectivity index (χ3n) is 8.26. The highest BCUT2D eigenvalue weighted by atomic mass is 16.5. The van der Waals surface area contributed by atoms with Gasteiger partial charge in [-0.3, -0.25) is 14.7 Å². The van der Waals surface area contributed by atoms with Gasteiger partial charge in [-0.2, -0.15) is 0 Å². The Morgan fingerprint density at radius 2 is 1.64 bits per heavy atom. The van der Waals surface area contributed by atoms with E-state index in [1.54, 1.807) is 38.8 Å². The van der Waals surface area contributed by atoms with E-state index in [0.717, 1.165) is 72.0 Å². The van der Waals surface area contributed by atoms with Crippen LogP contribution >= 0.6 is 0 Å². The molecule has 8 heteroatoms. The van der Waals surface area contributed by atoms with Gasteiger partial charge in [0, 0.05) is 61.0 Å². The average Bonchev–Trinajstić information content (AvgIpc) is 3.11. The Balaban J connectivity index is 1.09. The molecule has 5 aromatic rings. The topological polar surface area (TPSA) is 85.8 Å². The first-order valence-electron chi connectivity index (χ1n) is 15.7. The van der Waals surface area contributed by atoms with Gasteiger partial charge in [-0.15, -0.1) is 0 Å². The number of nitrogens with one attached hydrogen (secondary N) is 1. The monoisotopic (exact) mass is 626 g/mol. The van der Waals surface area contributed by atoms with Crippen molar-refractivity contribution >= 4 is 17.7 Å². The lowest BCUT2D eigenvalue weighted by Gasteiger charge is -2.29. The molecule has 0 spiro atoms. The first-order valence-corrected chi connectivity index (χ1v) is 15.7. The summed E-state index contributed by atoms with van der Waals surface area (Å²) in [4.78, 5) is 24.3. The first kappa shape index (κ1) is 31.5. The molecule has 3 aromatic carbocycles. The van der Waals surface area contributed by atoms with Gasteiger partial charge in [-0.25, -0.2) is 4.98 Å². The number of fused-ring (bicyclic) bond motifs is 1. The van der Waals surface area contributed by atoms with E-state index in [9.17, 15) is 4.79 Å². The van der Waals surface area contributed by atoms with Gasteiger partial charge in [0.1, 0.15) is 5.75 Å². The minimum absolute atomic E-state index is 0.235. The van der Waals surface area contributed by atoms with Crippen molar-refractivity contribution in [1.29, 1.82) is 0 Å². The van der Waals surface area contributed by atoms with Crippen molar-refractivity contribution in [2.24, 2.45) is 0 Å². The molecule has 0 fully saturated rings. The van der Waals surface area contributed by atoms with Crippen LogP contribution in [-0.2, 0) is 24.2 Å². The number of benzene rings is 3. The molecular weight excluding hydrogens is 588 g/mol. The Morgan fingerprint density at radius 3 is 2.34 bits per heavy atom. The molecule has 6 rings (SSSR count). The zero-order chi connectivity index (χ0) is 32.6. The number of aryl methyl sites for hydroxylation is 1.